The Bertz CT molecular complexity index is 1830. The first-order valence-electron chi connectivity index (χ1n) is 18.2. The second kappa shape index (κ2) is 16.8. The molecule has 0 unspecified atom stereocenters. The molecular weight excluding hydrogens is 606 g/mol. The third-order valence-corrected chi connectivity index (χ3v) is 9.75. The topological polar surface area (TPSA) is 81.3 Å². The molecule has 0 saturated heterocycles. The molecule has 0 saturated carbocycles. The van der Waals surface area contributed by atoms with E-state index in [9.17, 15) is 9.59 Å². The number of hydrogen-bond donors (Lipinski definition) is 2. The van der Waals surface area contributed by atoms with Crippen LogP contribution in [0.25, 0.3) is 22.2 Å². The van der Waals surface area contributed by atoms with E-state index in [-0.39, 0.29) is 29.0 Å². The molecule has 2 heterocycles. The number of fused-ring (bicyclic) bond motifs is 1. The highest BCUT2D eigenvalue weighted by molar-refractivity contribution is 6.09. The molecule has 260 valence electrons. The Balaban J connectivity index is 1.94. The van der Waals surface area contributed by atoms with Gasteiger partial charge in [0.1, 0.15) is 11.3 Å². The highest BCUT2D eigenvalue weighted by Gasteiger charge is 2.30. The molecule has 2 amide bonds. The fourth-order valence-corrected chi connectivity index (χ4v) is 6.89. The Hall–Kier alpha value is -4.41. The maximum absolute atomic E-state index is 14.5. The minimum absolute atomic E-state index is 0.202. The van der Waals surface area contributed by atoms with Crippen LogP contribution in [0, 0.1) is 11.8 Å². The predicted octanol–water partition coefficient (Wildman–Crippen LogP) is 9.93. The van der Waals surface area contributed by atoms with Crippen LogP contribution in [0.3, 0.4) is 0 Å². The van der Waals surface area contributed by atoms with E-state index >= 15 is 0 Å². The number of benzene rings is 2. The molecule has 0 radical (unpaired) electrons. The van der Waals surface area contributed by atoms with Gasteiger partial charge in [-0.3, -0.25) is 14.6 Å². The van der Waals surface area contributed by atoms with Gasteiger partial charge in [0.2, 0.25) is 0 Å². The predicted molar refractivity (Wildman–Crippen MR) is 207 cm³/mol. The van der Waals surface area contributed by atoms with Gasteiger partial charge in [0.05, 0.1) is 5.54 Å². The van der Waals surface area contributed by atoms with Crippen molar-refractivity contribution in [3.8, 4) is 23.0 Å². The summed E-state index contributed by atoms with van der Waals surface area (Å²) in [5, 5.41) is 4.04. The second-order valence-electron chi connectivity index (χ2n) is 13.4. The monoisotopic (exact) mass is 661 g/mol. The Morgan fingerprint density at radius 3 is 2.16 bits per heavy atom. The lowest BCUT2D eigenvalue weighted by molar-refractivity contribution is 0.144. The summed E-state index contributed by atoms with van der Waals surface area (Å²) in [4.78, 5) is 40.2. The van der Waals surface area contributed by atoms with Gasteiger partial charge in [-0.1, -0.05) is 111 Å². The molecule has 4 aromatic rings. The van der Waals surface area contributed by atoms with E-state index in [0.29, 0.717) is 23.4 Å². The number of carbonyl (C=O) groups excluding carboxylic acids is 1. The minimum atomic E-state index is -0.359. The number of pyridine rings is 2. The first-order chi connectivity index (χ1) is 23.5. The third-order valence-electron chi connectivity index (χ3n) is 9.75. The maximum atomic E-state index is 14.5. The van der Waals surface area contributed by atoms with Gasteiger partial charge in [-0.15, -0.1) is 0 Å². The average Bonchev–Trinajstić information content (AvgIpc) is 3.10. The largest absolute Gasteiger partial charge is 0.326 e. The van der Waals surface area contributed by atoms with Gasteiger partial charge >= 0.3 is 6.03 Å². The molecule has 2 aromatic heterocycles. The van der Waals surface area contributed by atoms with Crippen molar-refractivity contribution in [2.24, 2.45) is 0 Å². The molecule has 0 spiro atoms. The van der Waals surface area contributed by atoms with E-state index in [1.807, 2.05) is 36.4 Å². The number of nitrogens with one attached hydrogen (secondary N) is 2. The van der Waals surface area contributed by atoms with Crippen LogP contribution in [0.2, 0.25) is 0 Å². The Kier molecular flexibility index (Phi) is 12.8. The minimum Gasteiger partial charge on any atom is -0.307 e. The van der Waals surface area contributed by atoms with Crippen LogP contribution in [-0.2, 0) is 0 Å². The van der Waals surface area contributed by atoms with Crippen molar-refractivity contribution in [3.63, 3.8) is 0 Å². The number of urea groups is 1. The molecule has 0 atom stereocenters. The van der Waals surface area contributed by atoms with Crippen molar-refractivity contribution in [2.45, 2.75) is 105 Å². The van der Waals surface area contributed by atoms with Gasteiger partial charge in [-0.2, -0.15) is 0 Å². The third kappa shape index (κ3) is 8.08. The zero-order chi connectivity index (χ0) is 35.7. The Morgan fingerprint density at radius 2 is 1.57 bits per heavy atom. The average molecular weight is 662 g/mol. The lowest BCUT2D eigenvalue weighted by Crippen LogP contribution is -2.46. The normalized spacial score (nSPS) is 11.7. The number of para-hydroxylation sites is 1. The van der Waals surface area contributed by atoms with E-state index < -0.39 is 0 Å². The van der Waals surface area contributed by atoms with Gasteiger partial charge in [0, 0.05) is 34.9 Å². The molecule has 49 heavy (non-hydrogen) atoms. The molecule has 0 aliphatic rings. The number of nitrogens with zero attached hydrogens (tertiary/aromatic N) is 3. The molecule has 2 aromatic carbocycles. The lowest BCUT2D eigenvalue weighted by Gasteiger charge is -2.38. The summed E-state index contributed by atoms with van der Waals surface area (Å²) < 4.78 is 0. The zero-order valence-electron chi connectivity index (χ0n) is 31.0. The highest BCUT2D eigenvalue weighted by Crippen LogP contribution is 2.37. The number of hydrogen-bond acceptors (Lipinski definition) is 4. The van der Waals surface area contributed by atoms with E-state index in [2.05, 4.69) is 113 Å². The van der Waals surface area contributed by atoms with E-state index in [4.69, 9.17) is 0 Å². The molecular formula is C42H55N5O2. The maximum Gasteiger partial charge on any atom is 0.326 e. The standard InChI is InChI=1S/C42H55N5O2/c1-10-15-27-47(41(49)44-37-33(29(6)7)21-17-22-34(37)30(8)9)38-36(35-23-18-26-43-39(35)45-40(38)48)32-20-16-19-31(28-32)24-25-42(11-2,12-3)46(13-4)14-5/h16-23,26,28-30H,10-15,27H2,1-9H3,(H,44,49)(H,43,45,48). The number of carbonyl (C=O) groups is 1. The van der Waals surface area contributed by atoms with Crippen LogP contribution < -0.4 is 15.8 Å². The van der Waals surface area contributed by atoms with Crippen LogP contribution in [-0.4, -0.2) is 46.1 Å². The number of H-pyrrole nitrogens is 1. The SMILES string of the molecule is CCCCN(C(=O)Nc1c(C(C)C)cccc1C(C)C)c1c(-c2cccc(C#CC(CC)(CC)N(CC)CC)c2)c2cccnc2[nH]c1=O. The summed E-state index contributed by atoms with van der Waals surface area (Å²) in [7, 11) is 0. The summed E-state index contributed by atoms with van der Waals surface area (Å²) in [5.74, 6) is 7.54. The number of aromatic nitrogens is 2. The van der Waals surface area contributed by atoms with Gasteiger partial charge in [0.15, 0.2) is 0 Å². The molecule has 0 aliphatic carbocycles. The fourth-order valence-electron chi connectivity index (χ4n) is 6.89. The van der Waals surface area contributed by atoms with Crippen molar-refractivity contribution < 1.29 is 4.79 Å². The number of rotatable bonds is 13. The van der Waals surface area contributed by atoms with Gasteiger partial charge in [0.25, 0.3) is 5.56 Å². The van der Waals surface area contributed by atoms with Crippen molar-refractivity contribution >= 4 is 28.4 Å². The Labute approximate surface area is 293 Å². The lowest BCUT2D eigenvalue weighted by atomic mass is 9.90. The first kappa shape index (κ1) is 37.4. The van der Waals surface area contributed by atoms with Gasteiger partial charge in [-0.05, 0) is 85.1 Å². The first-order valence-corrected chi connectivity index (χ1v) is 18.2. The summed E-state index contributed by atoms with van der Waals surface area (Å²) in [5.41, 5.74) is 5.50. The highest BCUT2D eigenvalue weighted by atomic mass is 16.2. The van der Waals surface area contributed by atoms with E-state index in [1.165, 1.54) is 0 Å². The Morgan fingerprint density at radius 1 is 0.918 bits per heavy atom. The van der Waals surface area contributed by atoms with Crippen molar-refractivity contribution in [1.82, 2.24) is 14.9 Å². The van der Waals surface area contributed by atoms with E-state index in [0.717, 1.165) is 72.1 Å². The number of amides is 2. The van der Waals surface area contributed by atoms with E-state index in [1.54, 1.807) is 11.1 Å². The summed E-state index contributed by atoms with van der Waals surface area (Å²) in [6.07, 6.45) is 5.11. The molecule has 0 fully saturated rings. The smallest absolute Gasteiger partial charge is 0.307 e. The van der Waals surface area contributed by atoms with Crippen LogP contribution in [0.5, 0.6) is 0 Å². The van der Waals surface area contributed by atoms with Crippen LogP contribution in [0.1, 0.15) is 117 Å². The van der Waals surface area contributed by atoms with Crippen LogP contribution in [0.15, 0.2) is 65.6 Å². The van der Waals surface area contributed by atoms with Crippen LogP contribution in [0.4, 0.5) is 16.2 Å². The molecule has 0 aliphatic heterocycles. The number of aromatic amines is 1. The van der Waals surface area contributed by atoms with Gasteiger partial charge < -0.3 is 10.3 Å². The number of anilines is 2. The molecule has 7 heteroatoms. The van der Waals surface area contributed by atoms with Crippen molar-refractivity contribution in [2.75, 3.05) is 29.9 Å². The summed E-state index contributed by atoms with van der Waals surface area (Å²) >= 11 is 0. The number of unbranched alkanes of at least 4 members (excludes halogenated alkanes) is 1. The fraction of sp³-hybridized carbons (Fsp3) is 0.452. The van der Waals surface area contributed by atoms with Crippen molar-refractivity contribution in [1.29, 1.82) is 0 Å². The summed E-state index contributed by atoms with van der Waals surface area (Å²) in [6, 6.07) is 17.7. The molecule has 2 N–H and O–H groups in total. The summed E-state index contributed by atoms with van der Waals surface area (Å²) in [6.45, 7) is 21.6. The molecule has 4 rings (SSSR count). The molecule has 0 bridgehead atoms. The second-order valence-corrected chi connectivity index (χ2v) is 13.4. The molecule has 7 nitrogen and oxygen atoms in total. The van der Waals surface area contributed by atoms with Crippen LogP contribution >= 0.6 is 0 Å². The quantitative estimate of drug-likeness (QED) is 0.140. The van der Waals surface area contributed by atoms with Crippen molar-refractivity contribution in [3.05, 3.63) is 87.8 Å². The van der Waals surface area contributed by atoms with Gasteiger partial charge in [-0.25, -0.2) is 9.78 Å². The zero-order valence-corrected chi connectivity index (χ0v) is 31.0.